The molecule has 150 valence electrons. The molecule has 1 fully saturated rings. The smallest absolute Gasteiger partial charge is 0.261 e. The van der Waals surface area contributed by atoms with Crippen molar-refractivity contribution < 1.29 is 18.7 Å². The summed E-state index contributed by atoms with van der Waals surface area (Å²) in [5, 5.41) is 2.94. The van der Waals surface area contributed by atoms with E-state index in [4.69, 9.17) is 9.47 Å². The van der Waals surface area contributed by atoms with Gasteiger partial charge in [-0.3, -0.25) is 9.69 Å². The second-order valence-corrected chi connectivity index (χ2v) is 6.89. The molecule has 1 saturated heterocycles. The van der Waals surface area contributed by atoms with Crippen LogP contribution in [0.3, 0.4) is 0 Å². The van der Waals surface area contributed by atoms with Gasteiger partial charge < -0.3 is 14.8 Å². The number of nitrogens with one attached hydrogen (secondary N) is 1. The number of benzene rings is 2. The quantitative estimate of drug-likeness (QED) is 0.757. The van der Waals surface area contributed by atoms with Crippen molar-refractivity contribution in [3.8, 4) is 5.75 Å². The highest BCUT2D eigenvalue weighted by molar-refractivity contribution is 5.81. The van der Waals surface area contributed by atoms with E-state index in [1.165, 1.54) is 29.8 Å². The van der Waals surface area contributed by atoms with Crippen molar-refractivity contribution in [2.75, 3.05) is 26.3 Å². The van der Waals surface area contributed by atoms with Gasteiger partial charge in [0.15, 0.2) is 6.10 Å². The Morgan fingerprint density at radius 2 is 1.89 bits per heavy atom. The van der Waals surface area contributed by atoms with Crippen LogP contribution >= 0.6 is 0 Å². The van der Waals surface area contributed by atoms with Gasteiger partial charge in [0.1, 0.15) is 11.6 Å². The van der Waals surface area contributed by atoms with Crippen molar-refractivity contribution >= 4 is 5.91 Å². The summed E-state index contributed by atoms with van der Waals surface area (Å²) in [5.41, 5.74) is 2.28. The minimum Gasteiger partial charge on any atom is -0.481 e. The molecule has 0 radical (unpaired) electrons. The van der Waals surface area contributed by atoms with Crippen LogP contribution in [0.4, 0.5) is 4.39 Å². The molecule has 6 heteroatoms. The first-order chi connectivity index (χ1) is 13.6. The first-order valence-electron chi connectivity index (χ1n) is 9.72. The van der Waals surface area contributed by atoms with Crippen LogP contribution in [0.25, 0.3) is 0 Å². The summed E-state index contributed by atoms with van der Waals surface area (Å²) >= 11 is 0. The van der Waals surface area contributed by atoms with Gasteiger partial charge in [0.05, 0.1) is 13.2 Å². The first kappa shape index (κ1) is 20.3. The van der Waals surface area contributed by atoms with E-state index in [1.807, 2.05) is 19.1 Å². The van der Waals surface area contributed by atoms with Crippen LogP contribution < -0.4 is 10.1 Å². The van der Waals surface area contributed by atoms with Crippen LogP contribution in [0.5, 0.6) is 5.75 Å². The summed E-state index contributed by atoms with van der Waals surface area (Å²) in [5.74, 6) is -0.0249. The normalized spacial score (nSPS) is 15.8. The SMILES string of the molecule is CC[C@H](Oc1ccc(F)cc1)C(=O)NCc1cccc(CN2CCOCC2)c1. The highest BCUT2D eigenvalue weighted by Crippen LogP contribution is 2.15. The Balaban J connectivity index is 1.52. The molecule has 3 rings (SSSR count). The van der Waals surface area contributed by atoms with Crippen LogP contribution in [0.2, 0.25) is 0 Å². The second kappa shape index (κ2) is 10.2. The number of hydrogen-bond donors (Lipinski definition) is 1. The number of carbonyl (C=O) groups excluding carboxylic acids is 1. The van der Waals surface area contributed by atoms with Crippen LogP contribution in [0.1, 0.15) is 24.5 Å². The van der Waals surface area contributed by atoms with Crippen LogP contribution in [-0.4, -0.2) is 43.2 Å². The van der Waals surface area contributed by atoms with E-state index >= 15 is 0 Å². The molecule has 28 heavy (non-hydrogen) atoms. The van der Waals surface area contributed by atoms with Gasteiger partial charge in [-0.05, 0) is 41.8 Å². The molecule has 0 spiro atoms. The molecule has 2 aromatic carbocycles. The number of ether oxygens (including phenoxy) is 2. The molecule has 0 bridgehead atoms. The standard InChI is InChI=1S/C22H27FN2O3/c1-2-21(28-20-8-6-19(23)7-9-20)22(26)24-15-17-4-3-5-18(14-17)16-25-10-12-27-13-11-25/h3-9,14,21H,2,10-13,15-16H2,1H3,(H,24,26)/t21-/m0/s1. The van der Waals surface area contributed by atoms with Gasteiger partial charge in [-0.1, -0.05) is 31.2 Å². The number of hydrogen-bond acceptors (Lipinski definition) is 4. The molecule has 1 amide bonds. The fraction of sp³-hybridized carbons (Fsp3) is 0.409. The topological polar surface area (TPSA) is 50.8 Å². The van der Waals surface area contributed by atoms with Crippen molar-refractivity contribution in [1.82, 2.24) is 10.2 Å². The van der Waals surface area contributed by atoms with Crippen molar-refractivity contribution in [2.45, 2.75) is 32.5 Å². The fourth-order valence-electron chi connectivity index (χ4n) is 3.16. The predicted octanol–water partition coefficient (Wildman–Crippen LogP) is 3.13. The molecular formula is C22H27FN2O3. The zero-order chi connectivity index (χ0) is 19.8. The molecule has 1 aliphatic rings. The maximum atomic E-state index is 13.0. The minimum absolute atomic E-state index is 0.176. The molecule has 0 unspecified atom stereocenters. The van der Waals surface area contributed by atoms with Crippen LogP contribution in [-0.2, 0) is 22.6 Å². The average molecular weight is 386 g/mol. The molecule has 1 heterocycles. The molecule has 1 atom stereocenters. The summed E-state index contributed by atoms with van der Waals surface area (Å²) in [7, 11) is 0. The Labute approximate surface area is 165 Å². The van der Waals surface area contributed by atoms with Crippen LogP contribution in [0.15, 0.2) is 48.5 Å². The fourth-order valence-corrected chi connectivity index (χ4v) is 3.16. The maximum absolute atomic E-state index is 13.0. The number of rotatable bonds is 8. The Hall–Kier alpha value is -2.44. The third kappa shape index (κ3) is 6.04. The zero-order valence-electron chi connectivity index (χ0n) is 16.2. The minimum atomic E-state index is -0.609. The summed E-state index contributed by atoms with van der Waals surface area (Å²) in [6.45, 7) is 6.66. The number of amides is 1. The lowest BCUT2D eigenvalue weighted by Crippen LogP contribution is -2.37. The molecule has 5 nitrogen and oxygen atoms in total. The first-order valence-corrected chi connectivity index (χ1v) is 9.72. The number of carbonyl (C=O) groups is 1. The van der Waals surface area contributed by atoms with E-state index in [2.05, 4.69) is 22.3 Å². The third-order valence-corrected chi connectivity index (χ3v) is 4.72. The van der Waals surface area contributed by atoms with Gasteiger partial charge >= 0.3 is 0 Å². The van der Waals surface area contributed by atoms with E-state index in [0.717, 1.165) is 38.4 Å². The van der Waals surface area contributed by atoms with Crippen molar-refractivity contribution in [3.63, 3.8) is 0 Å². The number of halogens is 1. The molecule has 1 aliphatic heterocycles. The van der Waals surface area contributed by atoms with Gasteiger partial charge in [0.2, 0.25) is 0 Å². The highest BCUT2D eigenvalue weighted by Gasteiger charge is 2.18. The summed E-state index contributed by atoms with van der Waals surface area (Å²) < 4.78 is 24.1. The summed E-state index contributed by atoms with van der Waals surface area (Å²) in [6, 6.07) is 13.9. The lowest BCUT2D eigenvalue weighted by Gasteiger charge is -2.26. The lowest BCUT2D eigenvalue weighted by atomic mass is 10.1. The Bertz CT molecular complexity index is 761. The van der Waals surface area contributed by atoms with Gasteiger partial charge in [-0.15, -0.1) is 0 Å². The van der Waals surface area contributed by atoms with Gasteiger partial charge in [-0.25, -0.2) is 4.39 Å². The summed E-state index contributed by atoms with van der Waals surface area (Å²) in [6.07, 6.45) is -0.0812. The largest absolute Gasteiger partial charge is 0.481 e. The maximum Gasteiger partial charge on any atom is 0.261 e. The van der Waals surface area contributed by atoms with Crippen molar-refractivity contribution in [2.24, 2.45) is 0 Å². The average Bonchev–Trinajstić information content (AvgIpc) is 2.72. The van der Waals surface area contributed by atoms with E-state index < -0.39 is 6.10 Å². The molecule has 0 aliphatic carbocycles. The van der Waals surface area contributed by atoms with E-state index in [1.54, 1.807) is 0 Å². The lowest BCUT2D eigenvalue weighted by molar-refractivity contribution is -0.128. The van der Waals surface area contributed by atoms with Crippen molar-refractivity contribution in [3.05, 3.63) is 65.5 Å². The number of morpholine rings is 1. The van der Waals surface area contributed by atoms with E-state index in [9.17, 15) is 9.18 Å². The highest BCUT2D eigenvalue weighted by atomic mass is 19.1. The Morgan fingerprint density at radius 1 is 1.18 bits per heavy atom. The monoisotopic (exact) mass is 386 g/mol. The van der Waals surface area contributed by atoms with Crippen molar-refractivity contribution in [1.29, 1.82) is 0 Å². The van der Waals surface area contributed by atoms with Gasteiger partial charge in [0, 0.05) is 26.2 Å². The Kier molecular flexibility index (Phi) is 7.39. The van der Waals surface area contributed by atoms with E-state index in [0.29, 0.717) is 18.7 Å². The van der Waals surface area contributed by atoms with E-state index in [-0.39, 0.29) is 11.7 Å². The Morgan fingerprint density at radius 3 is 2.61 bits per heavy atom. The predicted molar refractivity (Wildman–Crippen MR) is 105 cm³/mol. The molecule has 2 aromatic rings. The summed E-state index contributed by atoms with van der Waals surface area (Å²) in [4.78, 5) is 14.9. The van der Waals surface area contributed by atoms with Gasteiger partial charge in [-0.2, -0.15) is 0 Å². The van der Waals surface area contributed by atoms with Gasteiger partial charge in [0.25, 0.3) is 5.91 Å². The number of nitrogens with zero attached hydrogens (tertiary/aromatic N) is 1. The molecule has 0 saturated carbocycles. The third-order valence-electron chi connectivity index (χ3n) is 4.72. The molecule has 0 aromatic heterocycles. The second-order valence-electron chi connectivity index (χ2n) is 6.89. The zero-order valence-corrected chi connectivity index (χ0v) is 16.2. The van der Waals surface area contributed by atoms with Crippen LogP contribution in [0, 0.1) is 5.82 Å². The molecule has 1 N–H and O–H groups in total. The molecular weight excluding hydrogens is 359 g/mol.